The van der Waals surface area contributed by atoms with Crippen molar-refractivity contribution in [1.82, 2.24) is 5.32 Å². The maximum Gasteiger partial charge on any atom is 0.411 e. The highest BCUT2D eigenvalue weighted by molar-refractivity contribution is 4.82. The van der Waals surface area contributed by atoms with Crippen LogP contribution < -0.4 is 5.32 Å². The van der Waals surface area contributed by atoms with Crippen LogP contribution in [0.1, 0.15) is 32.6 Å². The van der Waals surface area contributed by atoms with Crippen LogP contribution in [0, 0.1) is 5.41 Å². The molecule has 0 atom stereocenters. The molecule has 5 heteroatoms. The number of halogens is 3. The summed E-state index contributed by atoms with van der Waals surface area (Å²) in [4.78, 5) is 0. The fourth-order valence-electron chi connectivity index (χ4n) is 2.13. The Balaban J connectivity index is 1.96. The Labute approximate surface area is 94.5 Å². The van der Waals surface area contributed by atoms with E-state index >= 15 is 0 Å². The third kappa shape index (κ3) is 5.70. The first-order chi connectivity index (χ1) is 7.41. The van der Waals surface area contributed by atoms with E-state index in [1.54, 1.807) is 0 Å². The molecule has 0 aliphatic heterocycles. The zero-order valence-electron chi connectivity index (χ0n) is 9.70. The molecule has 0 aromatic heterocycles. The first-order valence-corrected chi connectivity index (χ1v) is 5.77. The first-order valence-electron chi connectivity index (χ1n) is 5.77. The van der Waals surface area contributed by atoms with Gasteiger partial charge in [-0.3, -0.25) is 0 Å². The smallest absolute Gasteiger partial charge is 0.371 e. The van der Waals surface area contributed by atoms with Gasteiger partial charge in [0.25, 0.3) is 0 Å². The third-order valence-electron chi connectivity index (χ3n) is 3.05. The largest absolute Gasteiger partial charge is 0.411 e. The molecule has 1 aliphatic rings. The van der Waals surface area contributed by atoms with E-state index in [4.69, 9.17) is 0 Å². The summed E-state index contributed by atoms with van der Waals surface area (Å²) >= 11 is 0. The Kier molecular flexibility index (Phi) is 5.05. The van der Waals surface area contributed by atoms with Crippen LogP contribution in [0.4, 0.5) is 13.2 Å². The fourth-order valence-corrected chi connectivity index (χ4v) is 2.13. The van der Waals surface area contributed by atoms with Gasteiger partial charge >= 0.3 is 6.18 Å². The molecule has 1 rings (SSSR count). The summed E-state index contributed by atoms with van der Waals surface area (Å²) in [5.41, 5.74) is 0.337. The quantitative estimate of drug-likeness (QED) is 0.720. The summed E-state index contributed by atoms with van der Waals surface area (Å²) in [5, 5.41) is 3.16. The molecule has 0 heterocycles. The molecule has 0 amide bonds. The van der Waals surface area contributed by atoms with E-state index in [2.05, 4.69) is 17.0 Å². The lowest BCUT2D eigenvalue weighted by molar-refractivity contribution is -0.173. The van der Waals surface area contributed by atoms with Gasteiger partial charge in [-0.2, -0.15) is 13.2 Å². The van der Waals surface area contributed by atoms with Gasteiger partial charge < -0.3 is 10.1 Å². The van der Waals surface area contributed by atoms with Crippen LogP contribution in [0.3, 0.4) is 0 Å². The molecule has 96 valence electrons. The van der Waals surface area contributed by atoms with Crippen LogP contribution in [0.15, 0.2) is 0 Å². The first kappa shape index (κ1) is 13.8. The Morgan fingerprint density at radius 2 is 1.88 bits per heavy atom. The number of alkyl halides is 3. The average Bonchev–Trinajstić information content (AvgIpc) is 2.57. The van der Waals surface area contributed by atoms with Gasteiger partial charge in [-0.05, 0) is 18.3 Å². The molecule has 0 aromatic carbocycles. The predicted molar refractivity (Wildman–Crippen MR) is 56.3 cm³/mol. The van der Waals surface area contributed by atoms with Crippen molar-refractivity contribution in [2.75, 3.05) is 26.3 Å². The lowest BCUT2D eigenvalue weighted by Gasteiger charge is -2.23. The van der Waals surface area contributed by atoms with Crippen molar-refractivity contribution in [3.8, 4) is 0 Å². The van der Waals surface area contributed by atoms with Crippen LogP contribution in [0.2, 0.25) is 0 Å². The van der Waals surface area contributed by atoms with Crippen molar-refractivity contribution in [1.29, 1.82) is 0 Å². The highest BCUT2D eigenvalue weighted by Crippen LogP contribution is 2.36. The molecule has 1 saturated carbocycles. The second-order valence-electron chi connectivity index (χ2n) is 4.86. The normalized spacial score (nSPS) is 20.2. The van der Waals surface area contributed by atoms with Gasteiger partial charge in [-0.25, -0.2) is 0 Å². The summed E-state index contributed by atoms with van der Waals surface area (Å²) in [7, 11) is 0. The third-order valence-corrected chi connectivity index (χ3v) is 3.05. The lowest BCUT2D eigenvalue weighted by Crippen LogP contribution is -2.32. The van der Waals surface area contributed by atoms with Crippen molar-refractivity contribution >= 4 is 0 Å². The number of hydrogen-bond donors (Lipinski definition) is 1. The van der Waals surface area contributed by atoms with E-state index < -0.39 is 12.8 Å². The van der Waals surface area contributed by atoms with Crippen LogP contribution in [-0.4, -0.2) is 32.5 Å². The molecule has 0 saturated heterocycles. The molecule has 1 aliphatic carbocycles. The predicted octanol–water partition coefficient (Wildman–Crippen LogP) is 2.74. The van der Waals surface area contributed by atoms with Crippen molar-refractivity contribution in [3.05, 3.63) is 0 Å². The number of rotatable bonds is 6. The van der Waals surface area contributed by atoms with Gasteiger partial charge in [-0.1, -0.05) is 19.8 Å². The molecular formula is C11H20F3NO. The highest BCUT2D eigenvalue weighted by atomic mass is 19.4. The molecule has 0 radical (unpaired) electrons. The van der Waals surface area contributed by atoms with Gasteiger partial charge in [0.1, 0.15) is 6.61 Å². The zero-order chi connectivity index (χ0) is 12.1. The molecule has 1 N–H and O–H groups in total. The summed E-state index contributed by atoms with van der Waals surface area (Å²) in [5.74, 6) is 0. The van der Waals surface area contributed by atoms with Gasteiger partial charge in [0.05, 0.1) is 6.61 Å². The van der Waals surface area contributed by atoms with Crippen molar-refractivity contribution in [3.63, 3.8) is 0 Å². The second kappa shape index (κ2) is 5.87. The monoisotopic (exact) mass is 239 g/mol. The van der Waals surface area contributed by atoms with Gasteiger partial charge in [-0.15, -0.1) is 0 Å². The molecule has 1 fully saturated rings. The van der Waals surface area contributed by atoms with Gasteiger partial charge in [0, 0.05) is 13.1 Å². The van der Waals surface area contributed by atoms with Crippen molar-refractivity contribution in [2.45, 2.75) is 38.8 Å². The Bertz CT molecular complexity index is 200. The highest BCUT2D eigenvalue weighted by Gasteiger charge is 2.28. The van der Waals surface area contributed by atoms with E-state index in [0.717, 1.165) is 6.54 Å². The SMILES string of the molecule is CC1(CNCCOCC(F)(F)F)CCCC1. The van der Waals surface area contributed by atoms with Gasteiger partial charge in [0.2, 0.25) is 0 Å². The Morgan fingerprint density at radius 3 is 2.44 bits per heavy atom. The summed E-state index contributed by atoms with van der Waals surface area (Å²) in [6.45, 7) is 2.57. The van der Waals surface area contributed by atoms with E-state index in [-0.39, 0.29) is 6.61 Å². The van der Waals surface area contributed by atoms with Crippen LogP contribution in [-0.2, 0) is 4.74 Å². The molecule has 16 heavy (non-hydrogen) atoms. The Morgan fingerprint density at radius 1 is 1.25 bits per heavy atom. The average molecular weight is 239 g/mol. The van der Waals surface area contributed by atoms with Crippen LogP contribution >= 0.6 is 0 Å². The van der Waals surface area contributed by atoms with Gasteiger partial charge in [0.15, 0.2) is 0 Å². The topological polar surface area (TPSA) is 21.3 Å². The standard InChI is InChI=1S/C11H20F3NO/c1-10(4-2-3-5-10)8-15-6-7-16-9-11(12,13)14/h15H,2-9H2,1H3. The van der Waals surface area contributed by atoms with Crippen molar-refractivity contribution < 1.29 is 17.9 Å². The Hall–Kier alpha value is -0.290. The van der Waals surface area contributed by atoms with Crippen LogP contribution in [0.25, 0.3) is 0 Å². The molecule has 2 nitrogen and oxygen atoms in total. The summed E-state index contributed by atoms with van der Waals surface area (Å²) in [6.07, 6.45) is 0.746. The summed E-state index contributed by atoms with van der Waals surface area (Å²) < 4.78 is 39.7. The maximum absolute atomic E-state index is 11.7. The van der Waals surface area contributed by atoms with E-state index in [1.807, 2.05) is 0 Å². The lowest BCUT2D eigenvalue weighted by atomic mass is 9.89. The van der Waals surface area contributed by atoms with E-state index in [9.17, 15) is 13.2 Å². The molecule has 0 unspecified atom stereocenters. The second-order valence-corrected chi connectivity index (χ2v) is 4.86. The van der Waals surface area contributed by atoms with E-state index in [0.29, 0.717) is 12.0 Å². The molecular weight excluding hydrogens is 219 g/mol. The molecule has 0 bridgehead atoms. The fraction of sp³-hybridized carbons (Fsp3) is 1.00. The minimum atomic E-state index is -4.21. The van der Waals surface area contributed by atoms with Crippen molar-refractivity contribution in [2.24, 2.45) is 5.41 Å². The summed E-state index contributed by atoms with van der Waals surface area (Å²) in [6, 6.07) is 0. The number of ether oxygens (including phenoxy) is 1. The van der Waals surface area contributed by atoms with E-state index in [1.165, 1.54) is 25.7 Å². The minimum absolute atomic E-state index is 0.121. The number of nitrogens with one attached hydrogen (secondary N) is 1. The minimum Gasteiger partial charge on any atom is -0.371 e. The molecule has 0 spiro atoms. The van der Waals surface area contributed by atoms with Crippen LogP contribution in [0.5, 0.6) is 0 Å². The maximum atomic E-state index is 11.7. The molecule has 0 aromatic rings. The number of hydrogen-bond acceptors (Lipinski definition) is 2. The zero-order valence-corrected chi connectivity index (χ0v) is 9.70.